The summed E-state index contributed by atoms with van der Waals surface area (Å²) in [5, 5.41) is 5.17. The second-order valence-electron chi connectivity index (χ2n) is 4.24. The average Bonchev–Trinajstić information content (AvgIpc) is 2.14. The maximum absolute atomic E-state index is 11.6. The van der Waals surface area contributed by atoms with E-state index in [2.05, 4.69) is 0 Å². The van der Waals surface area contributed by atoms with Crippen LogP contribution in [0, 0.1) is 6.92 Å². The highest BCUT2D eigenvalue weighted by molar-refractivity contribution is 7.89. The molecule has 0 aliphatic carbocycles. The van der Waals surface area contributed by atoms with Gasteiger partial charge < -0.3 is 5.73 Å². The number of amides is 1. The first-order chi connectivity index (χ1) is 7.66. The van der Waals surface area contributed by atoms with Gasteiger partial charge in [0.25, 0.3) is 0 Å². The molecule has 0 unspecified atom stereocenters. The lowest BCUT2D eigenvalue weighted by atomic mass is 9.95. The number of rotatable bonds is 3. The van der Waals surface area contributed by atoms with Gasteiger partial charge in [-0.15, -0.1) is 0 Å². The number of hydrogen-bond acceptors (Lipinski definition) is 3. The highest BCUT2D eigenvalue weighted by Gasteiger charge is 2.24. The molecule has 17 heavy (non-hydrogen) atoms. The fourth-order valence-electron chi connectivity index (χ4n) is 1.92. The lowest BCUT2D eigenvalue weighted by Crippen LogP contribution is -2.23. The zero-order chi connectivity index (χ0) is 13.4. The van der Waals surface area contributed by atoms with Crippen LogP contribution in [0.5, 0.6) is 0 Å². The Morgan fingerprint density at radius 3 is 2.18 bits per heavy atom. The van der Waals surface area contributed by atoms with E-state index in [-0.39, 0.29) is 16.4 Å². The van der Waals surface area contributed by atoms with Crippen molar-refractivity contribution in [1.29, 1.82) is 0 Å². The zero-order valence-electron chi connectivity index (χ0n) is 10.0. The molecule has 0 fully saturated rings. The summed E-state index contributed by atoms with van der Waals surface area (Å²) in [6, 6.07) is 3.06. The molecule has 0 atom stereocenters. The molecule has 0 spiro atoms. The number of primary amides is 1. The van der Waals surface area contributed by atoms with Crippen molar-refractivity contribution in [1.82, 2.24) is 0 Å². The molecule has 0 aromatic heterocycles. The van der Waals surface area contributed by atoms with E-state index in [9.17, 15) is 13.2 Å². The Balaban J connectivity index is 3.82. The summed E-state index contributed by atoms with van der Waals surface area (Å²) in [4.78, 5) is 11.1. The molecule has 1 aromatic rings. The van der Waals surface area contributed by atoms with E-state index in [4.69, 9.17) is 10.9 Å². The fraction of sp³-hybridized carbons (Fsp3) is 0.364. The molecule has 94 valence electrons. The first-order valence-electron chi connectivity index (χ1n) is 5.12. The van der Waals surface area contributed by atoms with Crippen LogP contribution >= 0.6 is 0 Å². The van der Waals surface area contributed by atoms with Crippen molar-refractivity contribution in [3.8, 4) is 0 Å². The van der Waals surface area contributed by atoms with E-state index in [1.165, 1.54) is 6.07 Å². The van der Waals surface area contributed by atoms with Crippen LogP contribution < -0.4 is 10.9 Å². The third-order valence-corrected chi connectivity index (χ3v) is 3.55. The van der Waals surface area contributed by atoms with E-state index < -0.39 is 15.9 Å². The minimum atomic E-state index is -3.98. The third-order valence-electron chi connectivity index (χ3n) is 2.54. The molecule has 1 aromatic carbocycles. The molecule has 1 rings (SSSR count). The van der Waals surface area contributed by atoms with Crippen LogP contribution in [0.1, 0.15) is 41.3 Å². The average molecular weight is 256 g/mol. The predicted octanol–water partition coefficient (Wildman–Crippen LogP) is 0.865. The summed E-state index contributed by atoms with van der Waals surface area (Å²) in [5.74, 6) is -0.862. The van der Waals surface area contributed by atoms with Gasteiger partial charge in [0.15, 0.2) is 0 Å². The van der Waals surface area contributed by atoms with E-state index in [0.717, 1.165) is 5.56 Å². The van der Waals surface area contributed by atoms with Gasteiger partial charge in [-0.3, -0.25) is 4.79 Å². The maximum atomic E-state index is 11.6. The van der Waals surface area contributed by atoms with Gasteiger partial charge in [0.05, 0.1) is 10.5 Å². The van der Waals surface area contributed by atoms with Crippen molar-refractivity contribution in [2.24, 2.45) is 10.9 Å². The summed E-state index contributed by atoms with van der Waals surface area (Å²) in [6.07, 6.45) is 0. The smallest absolute Gasteiger partial charge is 0.250 e. The number of carbonyl (C=O) groups excluding carboxylic acids is 1. The fourth-order valence-corrected chi connectivity index (χ4v) is 3.09. The third kappa shape index (κ3) is 2.65. The van der Waals surface area contributed by atoms with Gasteiger partial charge in [0, 0.05) is 0 Å². The molecule has 6 heteroatoms. The maximum Gasteiger partial charge on any atom is 0.250 e. The van der Waals surface area contributed by atoms with Crippen LogP contribution in [0.4, 0.5) is 0 Å². The van der Waals surface area contributed by atoms with Crippen molar-refractivity contribution in [3.05, 3.63) is 28.8 Å². The summed E-state index contributed by atoms with van der Waals surface area (Å²) < 4.78 is 23.2. The number of carbonyl (C=O) groups is 1. The minimum absolute atomic E-state index is 0.0539. The molecule has 0 radical (unpaired) electrons. The van der Waals surface area contributed by atoms with Gasteiger partial charge in [-0.1, -0.05) is 19.9 Å². The molecular formula is C11H16N2O3S. The first kappa shape index (κ1) is 13.7. The Bertz CT molecular complexity index is 562. The quantitative estimate of drug-likeness (QED) is 0.838. The molecular weight excluding hydrogens is 240 g/mol. The SMILES string of the molecule is Cc1ccc(C(N)=O)c(S(N)(=O)=O)c1C(C)C. The molecule has 5 nitrogen and oxygen atoms in total. The van der Waals surface area contributed by atoms with Crippen molar-refractivity contribution >= 4 is 15.9 Å². The normalized spacial score (nSPS) is 11.8. The summed E-state index contributed by atoms with van der Waals surface area (Å²) >= 11 is 0. The Morgan fingerprint density at radius 1 is 1.29 bits per heavy atom. The van der Waals surface area contributed by atoms with Gasteiger partial charge in [-0.2, -0.15) is 0 Å². The van der Waals surface area contributed by atoms with Crippen LogP contribution in [-0.4, -0.2) is 14.3 Å². The van der Waals surface area contributed by atoms with Crippen molar-refractivity contribution in [2.45, 2.75) is 31.6 Å². The van der Waals surface area contributed by atoms with Gasteiger partial charge in [-0.05, 0) is 30.0 Å². The van der Waals surface area contributed by atoms with Crippen LogP contribution in [-0.2, 0) is 10.0 Å². The number of hydrogen-bond donors (Lipinski definition) is 2. The number of nitrogens with two attached hydrogens (primary N) is 2. The molecule has 4 N–H and O–H groups in total. The summed E-state index contributed by atoms with van der Waals surface area (Å²) in [7, 11) is -3.98. The number of aryl methyl sites for hydroxylation is 1. The molecule has 0 heterocycles. The zero-order valence-corrected chi connectivity index (χ0v) is 10.8. The van der Waals surface area contributed by atoms with E-state index >= 15 is 0 Å². The van der Waals surface area contributed by atoms with Crippen molar-refractivity contribution in [2.75, 3.05) is 0 Å². The number of primary sulfonamides is 1. The monoisotopic (exact) mass is 256 g/mol. The number of benzene rings is 1. The Hall–Kier alpha value is -1.40. The van der Waals surface area contributed by atoms with Gasteiger partial charge in [-0.25, -0.2) is 13.6 Å². The first-order valence-corrected chi connectivity index (χ1v) is 6.67. The Labute approximate surface area is 101 Å². The van der Waals surface area contributed by atoms with Crippen LogP contribution in [0.15, 0.2) is 17.0 Å². The summed E-state index contributed by atoms with van der Waals surface area (Å²) in [5.41, 5.74) is 6.43. The van der Waals surface area contributed by atoms with E-state index in [0.29, 0.717) is 5.56 Å². The highest BCUT2D eigenvalue weighted by atomic mass is 32.2. The summed E-state index contributed by atoms with van der Waals surface area (Å²) in [6.45, 7) is 5.44. The molecule has 1 amide bonds. The Kier molecular flexibility index (Phi) is 3.59. The second kappa shape index (κ2) is 4.46. The van der Waals surface area contributed by atoms with Crippen LogP contribution in [0.2, 0.25) is 0 Å². The molecule has 0 aliphatic heterocycles. The van der Waals surface area contributed by atoms with Crippen molar-refractivity contribution in [3.63, 3.8) is 0 Å². The standard InChI is InChI=1S/C11H16N2O3S/c1-6(2)9-7(3)4-5-8(11(12)14)10(9)17(13,15)16/h4-6H,1-3H3,(H2,12,14)(H2,13,15,16). The highest BCUT2D eigenvalue weighted by Crippen LogP contribution is 2.29. The predicted molar refractivity (Wildman–Crippen MR) is 65.2 cm³/mol. The molecule has 0 saturated heterocycles. The molecule has 0 bridgehead atoms. The second-order valence-corrected chi connectivity index (χ2v) is 5.74. The van der Waals surface area contributed by atoms with Crippen LogP contribution in [0.25, 0.3) is 0 Å². The van der Waals surface area contributed by atoms with E-state index in [1.54, 1.807) is 13.0 Å². The van der Waals surface area contributed by atoms with Crippen LogP contribution in [0.3, 0.4) is 0 Å². The van der Waals surface area contributed by atoms with Gasteiger partial charge >= 0.3 is 0 Å². The molecule has 0 aliphatic rings. The molecule has 0 saturated carbocycles. The van der Waals surface area contributed by atoms with Gasteiger partial charge in [0.1, 0.15) is 0 Å². The van der Waals surface area contributed by atoms with E-state index in [1.807, 2.05) is 13.8 Å². The topological polar surface area (TPSA) is 103 Å². The largest absolute Gasteiger partial charge is 0.366 e. The van der Waals surface area contributed by atoms with Crippen molar-refractivity contribution < 1.29 is 13.2 Å². The van der Waals surface area contributed by atoms with Gasteiger partial charge in [0.2, 0.25) is 15.9 Å². The Morgan fingerprint density at radius 2 is 1.82 bits per heavy atom. The lowest BCUT2D eigenvalue weighted by molar-refractivity contribution is 0.0997. The minimum Gasteiger partial charge on any atom is -0.366 e. The number of sulfonamides is 1. The lowest BCUT2D eigenvalue weighted by Gasteiger charge is -2.16.